The summed E-state index contributed by atoms with van der Waals surface area (Å²) in [5.74, 6) is 4.24. The van der Waals surface area contributed by atoms with Crippen LogP contribution in [0, 0.1) is 0 Å². The molecule has 0 aliphatic carbocycles. The standard InChI is InChI=1S/C23H34N6OS/c1-3-24-22(26-17-23(9-14-31-18-23)29-10-12-30-13-11-29)28(2)16-21-25-15-20(27-21)19-7-5-4-6-8-19/h4-8,15H,3,9-14,16-18H2,1-2H3,(H,24,26)(H,25,27). The van der Waals surface area contributed by atoms with E-state index >= 15 is 0 Å². The van der Waals surface area contributed by atoms with Crippen molar-refractivity contribution in [1.29, 1.82) is 0 Å². The van der Waals surface area contributed by atoms with Crippen LogP contribution in [0.1, 0.15) is 19.2 Å². The number of hydrogen-bond donors (Lipinski definition) is 2. The Balaban J connectivity index is 1.45. The fourth-order valence-corrected chi connectivity index (χ4v) is 5.77. The molecule has 0 spiro atoms. The van der Waals surface area contributed by atoms with Gasteiger partial charge in [-0.2, -0.15) is 11.8 Å². The first-order valence-electron chi connectivity index (χ1n) is 11.2. The van der Waals surface area contributed by atoms with Crippen LogP contribution < -0.4 is 5.32 Å². The lowest BCUT2D eigenvalue weighted by Gasteiger charge is -2.42. The second kappa shape index (κ2) is 10.5. The molecule has 2 aliphatic rings. The van der Waals surface area contributed by atoms with Crippen molar-refractivity contribution in [2.75, 3.05) is 57.9 Å². The molecule has 0 bridgehead atoms. The highest BCUT2D eigenvalue weighted by atomic mass is 32.2. The molecule has 0 saturated carbocycles. The second-order valence-corrected chi connectivity index (χ2v) is 9.37. The Kier molecular flexibility index (Phi) is 7.53. The average Bonchev–Trinajstić information content (AvgIpc) is 3.48. The Morgan fingerprint density at radius 1 is 1.32 bits per heavy atom. The fraction of sp³-hybridized carbons (Fsp3) is 0.565. The molecule has 2 aromatic rings. The molecule has 2 saturated heterocycles. The van der Waals surface area contributed by atoms with E-state index in [9.17, 15) is 0 Å². The normalized spacial score (nSPS) is 22.6. The molecule has 7 nitrogen and oxygen atoms in total. The van der Waals surface area contributed by atoms with Gasteiger partial charge in [-0.05, 0) is 24.7 Å². The number of aliphatic imine (C=N–C) groups is 1. The molecule has 0 radical (unpaired) electrons. The van der Waals surface area contributed by atoms with E-state index in [-0.39, 0.29) is 5.54 Å². The Morgan fingerprint density at radius 2 is 2.13 bits per heavy atom. The van der Waals surface area contributed by atoms with Gasteiger partial charge in [-0.1, -0.05) is 30.3 Å². The van der Waals surface area contributed by atoms with Gasteiger partial charge in [0.25, 0.3) is 0 Å². The molecule has 1 aromatic carbocycles. The predicted molar refractivity (Wildman–Crippen MR) is 129 cm³/mol. The third kappa shape index (κ3) is 5.42. The van der Waals surface area contributed by atoms with Crippen molar-refractivity contribution in [2.24, 2.45) is 4.99 Å². The van der Waals surface area contributed by atoms with Gasteiger partial charge in [-0.15, -0.1) is 0 Å². The number of imidazole rings is 1. The van der Waals surface area contributed by atoms with Crippen molar-refractivity contribution < 1.29 is 4.74 Å². The summed E-state index contributed by atoms with van der Waals surface area (Å²) in [5.41, 5.74) is 2.34. The van der Waals surface area contributed by atoms with E-state index in [0.717, 1.165) is 68.2 Å². The van der Waals surface area contributed by atoms with Gasteiger partial charge in [0.05, 0.1) is 43.7 Å². The van der Waals surface area contributed by atoms with Crippen molar-refractivity contribution in [3.8, 4) is 11.3 Å². The van der Waals surface area contributed by atoms with Crippen LogP contribution in [-0.4, -0.2) is 89.2 Å². The van der Waals surface area contributed by atoms with Gasteiger partial charge in [0.2, 0.25) is 0 Å². The van der Waals surface area contributed by atoms with Gasteiger partial charge in [0, 0.05) is 32.4 Å². The van der Waals surface area contributed by atoms with Crippen LogP contribution in [0.2, 0.25) is 0 Å². The first kappa shape index (κ1) is 22.2. The van der Waals surface area contributed by atoms with Crippen molar-refractivity contribution >= 4 is 17.7 Å². The maximum atomic E-state index is 5.59. The number of nitrogens with one attached hydrogen (secondary N) is 2. The summed E-state index contributed by atoms with van der Waals surface area (Å²) in [6.07, 6.45) is 3.11. The van der Waals surface area contributed by atoms with Gasteiger partial charge in [0.1, 0.15) is 5.82 Å². The Labute approximate surface area is 189 Å². The number of guanidine groups is 1. The van der Waals surface area contributed by atoms with Gasteiger partial charge in [-0.25, -0.2) is 4.98 Å². The smallest absolute Gasteiger partial charge is 0.194 e. The minimum atomic E-state index is 0.154. The van der Waals surface area contributed by atoms with Crippen LogP contribution in [0.25, 0.3) is 11.3 Å². The minimum Gasteiger partial charge on any atom is -0.379 e. The Bertz CT molecular complexity index is 843. The lowest BCUT2D eigenvalue weighted by Crippen LogP contribution is -2.56. The molecule has 8 heteroatoms. The molecule has 2 aliphatic heterocycles. The molecule has 4 rings (SSSR count). The van der Waals surface area contributed by atoms with Crippen LogP contribution in [0.3, 0.4) is 0 Å². The fourth-order valence-electron chi connectivity index (χ4n) is 4.31. The van der Waals surface area contributed by atoms with E-state index in [1.807, 2.05) is 24.4 Å². The minimum absolute atomic E-state index is 0.154. The summed E-state index contributed by atoms with van der Waals surface area (Å²) in [4.78, 5) is 17.9. The maximum Gasteiger partial charge on any atom is 0.194 e. The number of rotatable bonds is 7. The number of nitrogens with zero attached hydrogens (tertiary/aromatic N) is 4. The number of ether oxygens (including phenoxy) is 1. The van der Waals surface area contributed by atoms with Gasteiger partial charge < -0.3 is 19.9 Å². The second-order valence-electron chi connectivity index (χ2n) is 8.26. The van der Waals surface area contributed by atoms with E-state index in [0.29, 0.717) is 6.54 Å². The number of morpholine rings is 1. The average molecular weight is 443 g/mol. The first-order chi connectivity index (χ1) is 15.2. The topological polar surface area (TPSA) is 68.8 Å². The van der Waals surface area contributed by atoms with Gasteiger partial charge in [-0.3, -0.25) is 9.89 Å². The Hall–Kier alpha value is -2.03. The zero-order valence-corrected chi connectivity index (χ0v) is 19.5. The zero-order chi connectivity index (χ0) is 21.5. The highest BCUT2D eigenvalue weighted by molar-refractivity contribution is 7.99. The zero-order valence-electron chi connectivity index (χ0n) is 18.6. The molecule has 1 unspecified atom stereocenters. The number of hydrogen-bond acceptors (Lipinski definition) is 5. The van der Waals surface area contributed by atoms with Crippen molar-refractivity contribution in [3.05, 3.63) is 42.4 Å². The third-order valence-corrected chi connectivity index (χ3v) is 7.32. The molecular formula is C23H34N6OS. The maximum absolute atomic E-state index is 5.59. The van der Waals surface area contributed by atoms with E-state index in [1.54, 1.807) is 0 Å². The van der Waals surface area contributed by atoms with Crippen LogP contribution in [0.15, 0.2) is 41.5 Å². The molecule has 1 aromatic heterocycles. The van der Waals surface area contributed by atoms with Gasteiger partial charge in [0.15, 0.2) is 5.96 Å². The highest BCUT2D eigenvalue weighted by Crippen LogP contribution is 2.34. The summed E-state index contributed by atoms with van der Waals surface area (Å²) in [6.45, 7) is 8.14. The monoisotopic (exact) mass is 442 g/mol. The van der Waals surface area contributed by atoms with Crippen LogP contribution >= 0.6 is 11.8 Å². The van der Waals surface area contributed by atoms with E-state index < -0.39 is 0 Å². The van der Waals surface area contributed by atoms with E-state index in [4.69, 9.17) is 9.73 Å². The number of benzene rings is 1. The predicted octanol–water partition coefficient (Wildman–Crippen LogP) is 2.68. The summed E-state index contributed by atoms with van der Waals surface area (Å²) in [5, 5.41) is 3.47. The lowest BCUT2D eigenvalue weighted by atomic mass is 9.96. The van der Waals surface area contributed by atoms with Crippen molar-refractivity contribution in [1.82, 2.24) is 25.1 Å². The highest BCUT2D eigenvalue weighted by Gasteiger charge is 2.40. The lowest BCUT2D eigenvalue weighted by molar-refractivity contribution is -0.0105. The summed E-state index contributed by atoms with van der Waals surface area (Å²) in [7, 11) is 2.08. The summed E-state index contributed by atoms with van der Waals surface area (Å²) >= 11 is 2.05. The number of H-pyrrole nitrogens is 1. The summed E-state index contributed by atoms with van der Waals surface area (Å²) in [6, 6.07) is 10.3. The van der Waals surface area contributed by atoms with Crippen LogP contribution in [-0.2, 0) is 11.3 Å². The van der Waals surface area contributed by atoms with E-state index in [1.165, 1.54) is 12.2 Å². The van der Waals surface area contributed by atoms with Gasteiger partial charge >= 0.3 is 0 Å². The molecule has 168 valence electrons. The Morgan fingerprint density at radius 3 is 2.84 bits per heavy atom. The molecule has 1 atom stereocenters. The van der Waals surface area contributed by atoms with Crippen LogP contribution in [0.4, 0.5) is 0 Å². The van der Waals surface area contributed by atoms with Crippen molar-refractivity contribution in [3.63, 3.8) is 0 Å². The number of aromatic nitrogens is 2. The number of aromatic amines is 1. The van der Waals surface area contributed by atoms with Crippen molar-refractivity contribution in [2.45, 2.75) is 25.4 Å². The molecule has 2 N–H and O–H groups in total. The molecular weight excluding hydrogens is 408 g/mol. The first-order valence-corrected chi connectivity index (χ1v) is 12.3. The van der Waals surface area contributed by atoms with Crippen LogP contribution in [0.5, 0.6) is 0 Å². The number of thioether (sulfide) groups is 1. The quantitative estimate of drug-likeness (QED) is 0.508. The molecule has 0 amide bonds. The molecule has 31 heavy (non-hydrogen) atoms. The molecule has 3 heterocycles. The van der Waals surface area contributed by atoms with E-state index in [2.05, 4.69) is 63.0 Å². The molecule has 2 fully saturated rings. The third-order valence-electron chi connectivity index (χ3n) is 6.08. The SMILES string of the molecule is CCNC(=NCC1(N2CCOCC2)CCSC1)N(C)Cc1ncc(-c2ccccc2)[nH]1. The largest absolute Gasteiger partial charge is 0.379 e. The summed E-state index contributed by atoms with van der Waals surface area (Å²) < 4.78 is 5.59.